The van der Waals surface area contributed by atoms with Crippen LogP contribution in [-0.4, -0.2) is 0 Å². The maximum Gasteiger partial charge on any atom is 0.163 e. The Bertz CT molecular complexity index is 386. The van der Waals surface area contributed by atoms with Crippen molar-refractivity contribution >= 4 is 0 Å². The summed E-state index contributed by atoms with van der Waals surface area (Å²) in [6, 6.07) is 0.939. The van der Waals surface area contributed by atoms with E-state index in [2.05, 4.69) is 0 Å². The highest BCUT2D eigenvalue weighted by Crippen LogP contribution is 2.35. The molecule has 0 unspecified atom stereocenters. The van der Waals surface area contributed by atoms with Crippen molar-refractivity contribution < 1.29 is 13.2 Å². The monoisotopic (exact) mass is 229 g/mol. The van der Waals surface area contributed by atoms with Gasteiger partial charge in [0.25, 0.3) is 0 Å². The minimum atomic E-state index is -1.16. The van der Waals surface area contributed by atoms with E-state index in [9.17, 15) is 13.2 Å². The molecule has 16 heavy (non-hydrogen) atoms. The summed E-state index contributed by atoms with van der Waals surface area (Å²) < 4.78 is 39.5. The molecule has 0 bridgehead atoms. The van der Waals surface area contributed by atoms with Crippen molar-refractivity contribution in [3.63, 3.8) is 0 Å². The molecular weight excluding hydrogens is 215 g/mol. The van der Waals surface area contributed by atoms with E-state index >= 15 is 0 Å². The Hall–Kier alpha value is -1.03. The smallest absolute Gasteiger partial charge is 0.163 e. The fourth-order valence-electron chi connectivity index (χ4n) is 2.39. The average Bonchev–Trinajstić information content (AvgIpc) is 2.75. The zero-order chi connectivity index (χ0) is 11.7. The van der Waals surface area contributed by atoms with Crippen LogP contribution < -0.4 is 5.73 Å². The first-order valence-electron chi connectivity index (χ1n) is 5.49. The van der Waals surface area contributed by atoms with E-state index in [0.717, 1.165) is 31.7 Å². The molecule has 0 radical (unpaired) electrons. The van der Waals surface area contributed by atoms with Crippen molar-refractivity contribution in [2.45, 2.75) is 31.7 Å². The Balaban J connectivity index is 2.31. The summed E-state index contributed by atoms with van der Waals surface area (Å²) in [5.41, 5.74) is 5.83. The van der Waals surface area contributed by atoms with Gasteiger partial charge in [0, 0.05) is 17.7 Å². The van der Waals surface area contributed by atoms with Gasteiger partial charge in [-0.25, -0.2) is 13.2 Å². The van der Waals surface area contributed by atoms with Crippen LogP contribution in [0.15, 0.2) is 12.1 Å². The number of rotatable bonds is 2. The molecule has 0 spiro atoms. The van der Waals surface area contributed by atoms with Crippen molar-refractivity contribution in [1.82, 2.24) is 0 Å². The molecule has 2 N–H and O–H groups in total. The Morgan fingerprint density at radius 1 is 1.12 bits per heavy atom. The van der Waals surface area contributed by atoms with Crippen LogP contribution in [-0.2, 0) is 0 Å². The van der Waals surface area contributed by atoms with Gasteiger partial charge in [0.05, 0.1) is 0 Å². The van der Waals surface area contributed by atoms with Crippen molar-refractivity contribution in [3.8, 4) is 0 Å². The summed E-state index contributed by atoms with van der Waals surface area (Å²) in [6.45, 7) is 0. The lowest BCUT2D eigenvalue weighted by molar-refractivity contribution is 0.410. The summed E-state index contributed by atoms with van der Waals surface area (Å²) in [5.74, 6) is -2.82. The zero-order valence-corrected chi connectivity index (χ0v) is 8.85. The number of hydrogen-bond acceptors (Lipinski definition) is 1. The third kappa shape index (κ3) is 2.07. The van der Waals surface area contributed by atoms with Crippen molar-refractivity contribution in [3.05, 3.63) is 35.1 Å². The van der Waals surface area contributed by atoms with Crippen LogP contribution in [0.1, 0.15) is 37.3 Å². The van der Waals surface area contributed by atoms with Crippen LogP contribution in [0.2, 0.25) is 0 Å². The highest BCUT2D eigenvalue weighted by Gasteiger charge is 2.26. The standard InChI is InChI=1S/C12H14F3N/c13-8-5-9(11(15)10(14)6-8)12(16)7-3-1-2-4-7/h5-7,12H,1-4,16H2/t12-/m1/s1. The van der Waals surface area contributed by atoms with E-state index < -0.39 is 23.5 Å². The maximum atomic E-state index is 13.5. The summed E-state index contributed by atoms with van der Waals surface area (Å²) in [4.78, 5) is 0. The second-order valence-corrected chi connectivity index (χ2v) is 4.36. The second kappa shape index (κ2) is 4.45. The fraction of sp³-hybridized carbons (Fsp3) is 0.500. The van der Waals surface area contributed by atoms with Gasteiger partial charge in [-0.05, 0) is 24.8 Å². The molecule has 1 aromatic carbocycles. The molecule has 1 aliphatic carbocycles. The molecule has 1 nitrogen and oxygen atoms in total. The molecule has 1 saturated carbocycles. The summed E-state index contributed by atoms with van der Waals surface area (Å²) in [6.07, 6.45) is 3.91. The van der Waals surface area contributed by atoms with Crippen LogP contribution >= 0.6 is 0 Å². The van der Waals surface area contributed by atoms with Crippen LogP contribution in [0, 0.1) is 23.4 Å². The minimum Gasteiger partial charge on any atom is -0.324 e. The molecule has 1 aromatic rings. The van der Waals surface area contributed by atoms with Crippen LogP contribution in [0.3, 0.4) is 0 Å². The van der Waals surface area contributed by atoms with Gasteiger partial charge in [-0.1, -0.05) is 12.8 Å². The molecule has 1 aliphatic rings. The van der Waals surface area contributed by atoms with Crippen LogP contribution in [0.5, 0.6) is 0 Å². The molecular formula is C12H14F3N. The molecule has 0 saturated heterocycles. The van der Waals surface area contributed by atoms with Crippen LogP contribution in [0.4, 0.5) is 13.2 Å². The Morgan fingerprint density at radius 2 is 1.75 bits per heavy atom. The summed E-state index contributed by atoms with van der Waals surface area (Å²) >= 11 is 0. The molecule has 4 heteroatoms. The van der Waals surface area contributed by atoms with E-state index in [-0.39, 0.29) is 11.5 Å². The van der Waals surface area contributed by atoms with E-state index in [1.165, 1.54) is 0 Å². The quantitative estimate of drug-likeness (QED) is 0.774. The van der Waals surface area contributed by atoms with Gasteiger partial charge in [0.15, 0.2) is 11.6 Å². The van der Waals surface area contributed by atoms with Gasteiger partial charge in [0.2, 0.25) is 0 Å². The van der Waals surface area contributed by atoms with Gasteiger partial charge in [-0.3, -0.25) is 0 Å². The van der Waals surface area contributed by atoms with Gasteiger partial charge in [-0.2, -0.15) is 0 Å². The zero-order valence-electron chi connectivity index (χ0n) is 8.85. The highest BCUT2D eigenvalue weighted by molar-refractivity contribution is 5.24. The van der Waals surface area contributed by atoms with Gasteiger partial charge in [-0.15, -0.1) is 0 Å². The van der Waals surface area contributed by atoms with E-state index in [4.69, 9.17) is 5.73 Å². The lowest BCUT2D eigenvalue weighted by Gasteiger charge is -2.19. The number of halogens is 3. The fourth-order valence-corrected chi connectivity index (χ4v) is 2.39. The highest BCUT2D eigenvalue weighted by atomic mass is 19.2. The number of benzene rings is 1. The second-order valence-electron chi connectivity index (χ2n) is 4.36. The molecule has 0 aliphatic heterocycles. The van der Waals surface area contributed by atoms with Gasteiger partial charge >= 0.3 is 0 Å². The maximum absolute atomic E-state index is 13.5. The van der Waals surface area contributed by atoms with Crippen molar-refractivity contribution in [2.24, 2.45) is 11.7 Å². The SMILES string of the molecule is N[C@@H](c1cc(F)cc(F)c1F)C1CCCC1. The third-order valence-electron chi connectivity index (χ3n) is 3.29. The number of nitrogens with two attached hydrogens (primary N) is 1. The first kappa shape index (κ1) is 11.5. The number of hydrogen-bond donors (Lipinski definition) is 1. The van der Waals surface area contributed by atoms with Crippen molar-refractivity contribution in [2.75, 3.05) is 0 Å². The predicted molar refractivity (Wildman–Crippen MR) is 55.2 cm³/mol. The predicted octanol–water partition coefficient (Wildman–Crippen LogP) is 3.29. The molecule has 0 aromatic heterocycles. The summed E-state index contributed by atoms with van der Waals surface area (Å²) in [7, 11) is 0. The lowest BCUT2D eigenvalue weighted by atomic mass is 9.92. The molecule has 0 amide bonds. The average molecular weight is 229 g/mol. The van der Waals surface area contributed by atoms with Gasteiger partial charge in [0.1, 0.15) is 5.82 Å². The molecule has 2 rings (SSSR count). The summed E-state index contributed by atoms with van der Waals surface area (Å²) in [5, 5.41) is 0. The van der Waals surface area contributed by atoms with E-state index in [1.807, 2.05) is 0 Å². The molecule has 1 fully saturated rings. The van der Waals surface area contributed by atoms with Gasteiger partial charge < -0.3 is 5.73 Å². The largest absolute Gasteiger partial charge is 0.324 e. The van der Waals surface area contributed by atoms with Crippen molar-refractivity contribution in [1.29, 1.82) is 0 Å². The Labute approximate surface area is 92.5 Å². The Kier molecular flexibility index (Phi) is 3.19. The minimum absolute atomic E-state index is 0.0376. The van der Waals surface area contributed by atoms with E-state index in [0.29, 0.717) is 6.07 Å². The first-order chi connectivity index (χ1) is 7.59. The third-order valence-corrected chi connectivity index (χ3v) is 3.29. The van der Waals surface area contributed by atoms with E-state index in [1.54, 1.807) is 0 Å². The molecule has 88 valence electrons. The normalized spacial score (nSPS) is 19.0. The molecule has 0 heterocycles. The lowest BCUT2D eigenvalue weighted by Crippen LogP contribution is -2.21. The topological polar surface area (TPSA) is 26.0 Å². The first-order valence-corrected chi connectivity index (χ1v) is 5.49. The Morgan fingerprint density at radius 3 is 2.38 bits per heavy atom. The molecule has 1 atom stereocenters. The van der Waals surface area contributed by atoms with Crippen LogP contribution in [0.25, 0.3) is 0 Å².